The van der Waals surface area contributed by atoms with Crippen molar-refractivity contribution in [3.05, 3.63) is 54.6 Å². The summed E-state index contributed by atoms with van der Waals surface area (Å²) in [6, 6.07) is 15.1. The van der Waals surface area contributed by atoms with E-state index in [1.54, 1.807) is 47.4 Å². The predicted octanol–water partition coefficient (Wildman–Crippen LogP) is 2.05. The highest BCUT2D eigenvalue weighted by Crippen LogP contribution is 2.32. The van der Waals surface area contributed by atoms with E-state index in [2.05, 4.69) is 4.90 Å². The molecule has 1 aliphatic rings. The average molecular weight is 418 g/mol. The highest BCUT2D eigenvalue weighted by Gasteiger charge is 2.31. The Balaban J connectivity index is 1.97. The number of sulfonamides is 1. The minimum absolute atomic E-state index is 0.137. The van der Waals surface area contributed by atoms with Gasteiger partial charge in [-0.15, -0.1) is 0 Å². The Kier molecular flexibility index (Phi) is 6.76. The second kappa shape index (κ2) is 9.28. The van der Waals surface area contributed by atoms with Crippen molar-refractivity contribution in [2.45, 2.75) is 11.8 Å². The van der Waals surface area contributed by atoms with Gasteiger partial charge in [0.25, 0.3) is 10.0 Å². The van der Waals surface area contributed by atoms with E-state index >= 15 is 0 Å². The SMILES string of the molecule is CCOc1ccccc1N(CC(=O)N1CCN(C)CC1)S(=O)(=O)c1ccccc1. The van der Waals surface area contributed by atoms with Gasteiger partial charge in [0.1, 0.15) is 12.3 Å². The highest BCUT2D eigenvalue weighted by molar-refractivity contribution is 7.92. The number of carbonyl (C=O) groups excluding carboxylic acids is 1. The molecule has 0 aromatic heterocycles. The number of ether oxygens (including phenoxy) is 1. The number of carbonyl (C=O) groups is 1. The maximum atomic E-state index is 13.5. The fourth-order valence-corrected chi connectivity index (χ4v) is 4.68. The molecule has 7 nitrogen and oxygen atoms in total. The van der Waals surface area contributed by atoms with E-state index in [1.807, 2.05) is 14.0 Å². The zero-order valence-electron chi connectivity index (χ0n) is 16.8. The molecule has 3 rings (SSSR count). The number of nitrogens with zero attached hydrogens (tertiary/aromatic N) is 3. The van der Waals surface area contributed by atoms with Gasteiger partial charge >= 0.3 is 0 Å². The first kappa shape index (κ1) is 21.1. The molecular weight excluding hydrogens is 390 g/mol. The second-order valence-corrected chi connectivity index (χ2v) is 8.77. The largest absolute Gasteiger partial charge is 0.492 e. The van der Waals surface area contributed by atoms with Crippen LogP contribution < -0.4 is 9.04 Å². The van der Waals surface area contributed by atoms with Gasteiger partial charge in [0.15, 0.2) is 0 Å². The van der Waals surface area contributed by atoms with E-state index in [9.17, 15) is 13.2 Å². The van der Waals surface area contributed by atoms with Crippen LogP contribution in [0.4, 0.5) is 5.69 Å². The Hall–Kier alpha value is -2.58. The molecule has 1 fully saturated rings. The van der Waals surface area contributed by atoms with Crippen LogP contribution in [0.5, 0.6) is 5.75 Å². The molecule has 0 atom stereocenters. The van der Waals surface area contributed by atoms with Crippen LogP contribution in [-0.2, 0) is 14.8 Å². The van der Waals surface area contributed by atoms with Gasteiger partial charge in [-0.1, -0.05) is 30.3 Å². The third kappa shape index (κ3) is 4.89. The fourth-order valence-electron chi connectivity index (χ4n) is 3.24. The van der Waals surface area contributed by atoms with E-state index in [1.165, 1.54) is 12.1 Å². The summed E-state index contributed by atoms with van der Waals surface area (Å²) >= 11 is 0. The van der Waals surface area contributed by atoms with E-state index in [-0.39, 0.29) is 17.3 Å². The lowest BCUT2D eigenvalue weighted by molar-refractivity contribution is -0.131. The van der Waals surface area contributed by atoms with Crippen molar-refractivity contribution in [1.82, 2.24) is 9.80 Å². The summed E-state index contributed by atoms with van der Waals surface area (Å²) in [5.74, 6) is 0.213. The number of hydrogen-bond acceptors (Lipinski definition) is 5. The number of anilines is 1. The maximum absolute atomic E-state index is 13.5. The van der Waals surface area contributed by atoms with Gasteiger partial charge in [-0.3, -0.25) is 9.10 Å². The molecular formula is C21H27N3O4S. The predicted molar refractivity (Wildman–Crippen MR) is 113 cm³/mol. The van der Waals surface area contributed by atoms with Crippen LogP contribution in [0, 0.1) is 0 Å². The standard InChI is InChI=1S/C21H27N3O4S/c1-3-28-20-12-8-7-11-19(20)24(29(26,27)18-9-5-4-6-10-18)17-21(25)23-15-13-22(2)14-16-23/h4-12H,3,13-17H2,1-2H3. The van der Waals surface area contributed by atoms with Crippen LogP contribution in [0.1, 0.15) is 6.92 Å². The quantitative estimate of drug-likeness (QED) is 0.690. The summed E-state index contributed by atoms with van der Waals surface area (Å²) in [5.41, 5.74) is 0.362. The molecule has 0 spiro atoms. The summed E-state index contributed by atoms with van der Waals surface area (Å²) in [7, 11) is -1.94. The Morgan fingerprint density at radius 2 is 1.62 bits per heavy atom. The molecule has 2 aromatic rings. The first-order valence-electron chi connectivity index (χ1n) is 9.69. The molecule has 156 valence electrons. The zero-order chi connectivity index (χ0) is 20.9. The molecule has 1 heterocycles. The van der Waals surface area contributed by atoms with Crippen molar-refractivity contribution in [1.29, 1.82) is 0 Å². The molecule has 1 saturated heterocycles. The van der Waals surface area contributed by atoms with Crippen molar-refractivity contribution in [3.8, 4) is 5.75 Å². The number of benzene rings is 2. The molecule has 0 bridgehead atoms. The third-order valence-electron chi connectivity index (χ3n) is 4.90. The summed E-state index contributed by atoms with van der Waals surface area (Å²) in [4.78, 5) is 17.0. The van der Waals surface area contributed by atoms with Crippen LogP contribution >= 0.6 is 0 Å². The van der Waals surface area contributed by atoms with Crippen molar-refractivity contribution in [2.75, 3.05) is 50.7 Å². The Morgan fingerprint density at radius 3 is 2.28 bits per heavy atom. The van der Waals surface area contributed by atoms with Crippen LogP contribution in [0.25, 0.3) is 0 Å². The number of amides is 1. The maximum Gasteiger partial charge on any atom is 0.264 e. The molecule has 0 aliphatic carbocycles. The minimum atomic E-state index is -3.94. The van der Waals surface area contributed by atoms with Crippen LogP contribution in [0.2, 0.25) is 0 Å². The second-order valence-electron chi connectivity index (χ2n) is 6.91. The fraction of sp³-hybridized carbons (Fsp3) is 0.381. The van der Waals surface area contributed by atoms with Gasteiger partial charge in [0.05, 0.1) is 17.2 Å². The summed E-state index contributed by atoms with van der Waals surface area (Å²) in [6.07, 6.45) is 0. The van der Waals surface area contributed by atoms with Crippen molar-refractivity contribution < 1.29 is 17.9 Å². The number of hydrogen-bond donors (Lipinski definition) is 0. The summed E-state index contributed by atoms with van der Waals surface area (Å²) in [5, 5.41) is 0. The minimum Gasteiger partial charge on any atom is -0.492 e. The number of para-hydroxylation sites is 2. The normalized spacial score (nSPS) is 15.2. The van der Waals surface area contributed by atoms with E-state index in [0.717, 1.165) is 17.4 Å². The van der Waals surface area contributed by atoms with Gasteiger partial charge in [-0.25, -0.2) is 8.42 Å². The van der Waals surface area contributed by atoms with Crippen LogP contribution in [0.3, 0.4) is 0 Å². The average Bonchev–Trinajstić information content (AvgIpc) is 2.74. The third-order valence-corrected chi connectivity index (χ3v) is 6.67. The van der Waals surface area contributed by atoms with E-state index in [4.69, 9.17) is 4.74 Å². The van der Waals surface area contributed by atoms with Crippen LogP contribution in [-0.4, -0.2) is 70.5 Å². The molecule has 0 unspecified atom stereocenters. The Bertz CT molecular complexity index is 926. The van der Waals surface area contributed by atoms with Crippen molar-refractivity contribution >= 4 is 21.6 Å². The first-order valence-corrected chi connectivity index (χ1v) is 11.1. The molecule has 8 heteroatoms. The molecule has 0 radical (unpaired) electrons. The molecule has 0 saturated carbocycles. The van der Waals surface area contributed by atoms with Crippen LogP contribution in [0.15, 0.2) is 59.5 Å². The van der Waals surface area contributed by atoms with E-state index < -0.39 is 10.0 Å². The molecule has 2 aromatic carbocycles. The lowest BCUT2D eigenvalue weighted by Gasteiger charge is -2.34. The molecule has 1 aliphatic heterocycles. The number of piperazine rings is 1. The number of rotatable bonds is 7. The first-order chi connectivity index (χ1) is 13.9. The Morgan fingerprint density at radius 1 is 1.00 bits per heavy atom. The molecule has 29 heavy (non-hydrogen) atoms. The lowest BCUT2D eigenvalue weighted by atomic mass is 10.2. The van der Waals surface area contributed by atoms with Gasteiger partial charge in [-0.05, 0) is 38.2 Å². The Labute approximate surface area is 172 Å². The smallest absolute Gasteiger partial charge is 0.264 e. The van der Waals surface area contributed by atoms with E-state index in [0.29, 0.717) is 31.1 Å². The summed E-state index contributed by atoms with van der Waals surface area (Å²) < 4.78 is 33.7. The molecule has 0 N–H and O–H groups in total. The monoisotopic (exact) mass is 417 g/mol. The van der Waals surface area contributed by atoms with Gasteiger partial charge in [-0.2, -0.15) is 0 Å². The van der Waals surface area contributed by atoms with Gasteiger partial charge in [0.2, 0.25) is 5.91 Å². The topological polar surface area (TPSA) is 70.2 Å². The summed E-state index contributed by atoms with van der Waals surface area (Å²) in [6.45, 7) is 4.67. The number of likely N-dealkylation sites (N-methyl/N-ethyl adjacent to an activating group) is 1. The lowest BCUT2D eigenvalue weighted by Crippen LogP contribution is -2.50. The van der Waals surface area contributed by atoms with Crippen molar-refractivity contribution in [3.63, 3.8) is 0 Å². The van der Waals surface area contributed by atoms with Crippen molar-refractivity contribution in [2.24, 2.45) is 0 Å². The van der Waals surface area contributed by atoms with Gasteiger partial charge in [0, 0.05) is 26.2 Å². The highest BCUT2D eigenvalue weighted by atomic mass is 32.2. The van der Waals surface area contributed by atoms with Gasteiger partial charge < -0.3 is 14.5 Å². The zero-order valence-corrected chi connectivity index (χ0v) is 17.6. The molecule has 1 amide bonds.